The molecule has 3 aliphatic heterocycles. The third kappa shape index (κ3) is 6.39. The summed E-state index contributed by atoms with van der Waals surface area (Å²) in [5.74, 6) is 0.225. The number of piperazine rings is 1. The van der Waals surface area contributed by atoms with E-state index in [0.717, 1.165) is 86.3 Å². The quantitative estimate of drug-likeness (QED) is 0.263. The molecule has 1 atom stereocenters. The minimum Gasteiger partial charge on any atom is -0.369 e. The normalized spacial score (nSPS) is 19.9. The topological polar surface area (TPSA) is 149 Å². The SMILES string of the molecule is CN(C)C(=O)c1cc2cnc(Nc3ccc(CN4CCN(c5ccc6c(c5)C(=O)N([C@@H]5CCC(=O)NC5=O)C6)CC4)cn3)nc2n1C1CCCC1. The average molecular weight is 691 g/mol. The molecule has 4 aliphatic rings. The van der Waals surface area contributed by atoms with E-state index in [9.17, 15) is 19.2 Å². The maximum Gasteiger partial charge on any atom is 0.270 e. The predicted molar refractivity (Wildman–Crippen MR) is 191 cm³/mol. The second kappa shape index (κ2) is 13.4. The zero-order chi connectivity index (χ0) is 35.2. The number of hydrogen-bond donors (Lipinski definition) is 2. The summed E-state index contributed by atoms with van der Waals surface area (Å²) in [6, 6.07) is 11.5. The van der Waals surface area contributed by atoms with E-state index in [1.165, 1.54) is 0 Å². The van der Waals surface area contributed by atoms with E-state index < -0.39 is 11.9 Å². The smallest absolute Gasteiger partial charge is 0.270 e. The van der Waals surface area contributed by atoms with Crippen LogP contribution in [-0.2, 0) is 22.7 Å². The highest BCUT2D eigenvalue weighted by atomic mass is 16.2. The summed E-state index contributed by atoms with van der Waals surface area (Å²) in [4.78, 5) is 72.3. The Labute approximate surface area is 295 Å². The van der Waals surface area contributed by atoms with Crippen LogP contribution in [0.5, 0.6) is 0 Å². The number of aromatic nitrogens is 4. The Bertz CT molecular complexity index is 2010. The molecule has 0 unspecified atom stereocenters. The van der Waals surface area contributed by atoms with Crippen LogP contribution in [0.15, 0.2) is 48.8 Å². The third-order valence-corrected chi connectivity index (χ3v) is 10.6. The second-order valence-corrected chi connectivity index (χ2v) is 14.2. The van der Waals surface area contributed by atoms with Crippen molar-refractivity contribution in [3.05, 3.63) is 71.2 Å². The van der Waals surface area contributed by atoms with Gasteiger partial charge >= 0.3 is 0 Å². The number of hydrogen-bond acceptors (Lipinski definition) is 10. The maximum absolute atomic E-state index is 13.3. The van der Waals surface area contributed by atoms with Crippen molar-refractivity contribution in [2.24, 2.45) is 0 Å². The highest BCUT2D eigenvalue weighted by Crippen LogP contribution is 2.35. The van der Waals surface area contributed by atoms with Crippen LogP contribution in [0.2, 0.25) is 0 Å². The van der Waals surface area contributed by atoms with E-state index in [2.05, 4.69) is 47.1 Å². The van der Waals surface area contributed by atoms with Crippen molar-refractivity contribution in [3.8, 4) is 0 Å². The number of nitrogens with zero attached hydrogens (tertiary/aromatic N) is 8. The summed E-state index contributed by atoms with van der Waals surface area (Å²) in [6.07, 6.45) is 8.61. The van der Waals surface area contributed by atoms with Gasteiger partial charge in [-0.05, 0) is 54.7 Å². The Morgan fingerprint density at radius 1 is 0.961 bits per heavy atom. The molecule has 0 radical (unpaired) electrons. The Morgan fingerprint density at radius 2 is 1.76 bits per heavy atom. The summed E-state index contributed by atoms with van der Waals surface area (Å²) in [6.45, 7) is 4.52. The van der Waals surface area contributed by atoms with E-state index in [1.54, 1.807) is 30.1 Å². The van der Waals surface area contributed by atoms with Gasteiger partial charge in [-0.15, -0.1) is 0 Å². The van der Waals surface area contributed by atoms with E-state index in [-0.39, 0.29) is 30.2 Å². The van der Waals surface area contributed by atoms with E-state index in [0.29, 0.717) is 36.0 Å². The Hall–Kier alpha value is -5.37. The van der Waals surface area contributed by atoms with Crippen LogP contribution in [0, 0.1) is 0 Å². The van der Waals surface area contributed by atoms with E-state index in [1.807, 2.05) is 30.5 Å². The monoisotopic (exact) mass is 690 g/mol. The van der Waals surface area contributed by atoms with Crippen molar-refractivity contribution < 1.29 is 19.2 Å². The first-order valence-corrected chi connectivity index (χ1v) is 17.8. The number of piperidine rings is 1. The second-order valence-electron chi connectivity index (χ2n) is 14.2. The summed E-state index contributed by atoms with van der Waals surface area (Å²) < 4.78 is 2.11. The van der Waals surface area contributed by atoms with Crippen molar-refractivity contribution >= 4 is 52.1 Å². The van der Waals surface area contributed by atoms with Crippen molar-refractivity contribution in [3.63, 3.8) is 0 Å². The van der Waals surface area contributed by atoms with Gasteiger partial charge in [0.05, 0.1) is 0 Å². The Balaban J connectivity index is 0.879. The fourth-order valence-corrected chi connectivity index (χ4v) is 7.86. The molecule has 6 heterocycles. The van der Waals surface area contributed by atoms with Gasteiger partial charge in [0.25, 0.3) is 11.8 Å². The number of fused-ring (bicyclic) bond motifs is 2. The van der Waals surface area contributed by atoms with Gasteiger partial charge in [0.1, 0.15) is 23.2 Å². The molecule has 264 valence electrons. The van der Waals surface area contributed by atoms with Crippen LogP contribution in [0.25, 0.3) is 11.0 Å². The number of benzene rings is 1. The van der Waals surface area contributed by atoms with Crippen LogP contribution in [-0.4, -0.2) is 104 Å². The lowest BCUT2D eigenvalue weighted by molar-refractivity contribution is -0.136. The molecule has 4 aromatic rings. The first kappa shape index (κ1) is 32.8. The lowest BCUT2D eigenvalue weighted by Gasteiger charge is -2.36. The lowest BCUT2D eigenvalue weighted by atomic mass is 10.0. The van der Waals surface area contributed by atoms with Gasteiger partial charge in [-0.1, -0.05) is 25.0 Å². The highest BCUT2D eigenvalue weighted by Gasteiger charge is 2.39. The number of anilines is 3. The molecule has 3 aromatic heterocycles. The van der Waals surface area contributed by atoms with Crippen molar-refractivity contribution in [2.45, 2.75) is 63.7 Å². The van der Waals surface area contributed by atoms with Crippen molar-refractivity contribution in [1.82, 2.24) is 39.5 Å². The van der Waals surface area contributed by atoms with Gasteiger partial charge < -0.3 is 24.6 Å². The maximum atomic E-state index is 13.3. The zero-order valence-corrected chi connectivity index (χ0v) is 29.0. The van der Waals surface area contributed by atoms with Gasteiger partial charge in [0.2, 0.25) is 17.8 Å². The minimum absolute atomic E-state index is 0.0344. The number of amides is 4. The highest BCUT2D eigenvalue weighted by molar-refractivity contribution is 6.05. The lowest BCUT2D eigenvalue weighted by Crippen LogP contribution is -2.52. The van der Waals surface area contributed by atoms with E-state index >= 15 is 0 Å². The Morgan fingerprint density at radius 3 is 2.49 bits per heavy atom. The molecule has 4 amide bonds. The van der Waals surface area contributed by atoms with Crippen LogP contribution in [0.1, 0.15) is 76.5 Å². The summed E-state index contributed by atoms with van der Waals surface area (Å²) >= 11 is 0. The van der Waals surface area contributed by atoms with Gasteiger partial charge in [0, 0.05) is 94.9 Å². The number of imide groups is 1. The molecular formula is C37H42N10O4. The molecule has 14 nitrogen and oxygen atoms in total. The molecule has 8 rings (SSSR count). The van der Waals surface area contributed by atoms with Gasteiger partial charge in [-0.2, -0.15) is 4.98 Å². The molecule has 1 aromatic carbocycles. The van der Waals surface area contributed by atoms with Crippen molar-refractivity contribution in [1.29, 1.82) is 0 Å². The summed E-state index contributed by atoms with van der Waals surface area (Å²) in [7, 11) is 3.54. The standard InChI is InChI=1S/C37H42N10O4/c1-43(2)36(51)30-17-25-20-39-37(42-33(25)47(30)26-5-3-4-6-26)40-31-11-7-23(19-38-31)21-44-13-15-45(16-14-44)27-9-8-24-22-46(35(50)28(24)18-27)29-10-12-32(48)41-34(29)49/h7-9,11,17-20,26,29H,3-6,10,12-16,21-22H2,1-2H3,(H,41,48,49)(H,38,39,40,42)/t29-/m1/s1. The third-order valence-electron chi connectivity index (χ3n) is 10.6. The fraction of sp³-hybridized carbons (Fsp3) is 0.432. The first-order valence-electron chi connectivity index (χ1n) is 17.8. The number of carbonyl (C=O) groups is 4. The number of rotatable bonds is 8. The molecule has 1 saturated carbocycles. The van der Waals surface area contributed by atoms with Crippen LogP contribution >= 0.6 is 0 Å². The van der Waals surface area contributed by atoms with Crippen LogP contribution in [0.3, 0.4) is 0 Å². The number of carbonyl (C=O) groups excluding carboxylic acids is 4. The van der Waals surface area contributed by atoms with Crippen molar-refractivity contribution in [2.75, 3.05) is 50.5 Å². The minimum atomic E-state index is -0.611. The molecular weight excluding hydrogens is 648 g/mol. The van der Waals surface area contributed by atoms with Gasteiger partial charge in [-0.25, -0.2) is 9.97 Å². The van der Waals surface area contributed by atoms with Crippen LogP contribution in [0.4, 0.5) is 17.5 Å². The summed E-state index contributed by atoms with van der Waals surface area (Å²) in [5.41, 5.74) is 5.06. The van der Waals surface area contributed by atoms with Gasteiger partial charge in [0.15, 0.2) is 0 Å². The number of pyridine rings is 1. The summed E-state index contributed by atoms with van der Waals surface area (Å²) in [5, 5.41) is 6.47. The molecule has 51 heavy (non-hydrogen) atoms. The van der Waals surface area contributed by atoms with E-state index in [4.69, 9.17) is 4.98 Å². The molecule has 1 aliphatic carbocycles. The zero-order valence-electron chi connectivity index (χ0n) is 29.0. The molecule has 0 bridgehead atoms. The Kier molecular flexibility index (Phi) is 8.62. The number of nitrogens with one attached hydrogen (secondary N) is 2. The first-order chi connectivity index (χ1) is 24.7. The molecule has 3 fully saturated rings. The van der Waals surface area contributed by atoms with Gasteiger partial charge in [-0.3, -0.25) is 29.4 Å². The molecule has 2 saturated heterocycles. The average Bonchev–Trinajstić information content (AvgIpc) is 3.87. The molecule has 0 spiro atoms. The fourth-order valence-electron chi connectivity index (χ4n) is 7.86. The molecule has 2 N–H and O–H groups in total. The predicted octanol–water partition coefficient (Wildman–Crippen LogP) is 3.47. The van der Waals surface area contributed by atoms with Crippen LogP contribution < -0.4 is 15.5 Å². The largest absolute Gasteiger partial charge is 0.369 e. The molecule has 14 heteroatoms.